The lowest BCUT2D eigenvalue weighted by Gasteiger charge is -2.19. The molecule has 0 aliphatic carbocycles. The van der Waals surface area contributed by atoms with E-state index < -0.39 is 0 Å². The summed E-state index contributed by atoms with van der Waals surface area (Å²) in [7, 11) is 0. The fraction of sp³-hybridized carbons (Fsp3) is 0.381. The molecule has 1 aromatic carbocycles. The molecule has 124 valence electrons. The summed E-state index contributed by atoms with van der Waals surface area (Å²) < 4.78 is 0. The molecular formula is C21H25N3. The monoisotopic (exact) mass is 319 g/mol. The zero-order chi connectivity index (χ0) is 15.9. The maximum atomic E-state index is 4.39. The predicted molar refractivity (Wildman–Crippen MR) is 100 cm³/mol. The average molecular weight is 319 g/mol. The summed E-state index contributed by atoms with van der Waals surface area (Å²) in [6.07, 6.45) is 10.5. The van der Waals surface area contributed by atoms with Gasteiger partial charge in [-0.05, 0) is 66.8 Å². The fourth-order valence-corrected chi connectivity index (χ4v) is 4.63. The number of H-pyrrole nitrogens is 1. The van der Waals surface area contributed by atoms with Gasteiger partial charge in [0, 0.05) is 31.3 Å². The number of nitrogens with one attached hydrogen (secondary N) is 2. The van der Waals surface area contributed by atoms with Gasteiger partial charge in [-0.25, -0.2) is 4.98 Å². The van der Waals surface area contributed by atoms with Crippen LogP contribution in [-0.4, -0.2) is 22.1 Å². The third-order valence-corrected chi connectivity index (χ3v) is 5.92. The van der Waals surface area contributed by atoms with Crippen molar-refractivity contribution in [2.45, 2.75) is 50.1 Å². The van der Waals surface area contributed by atoms with Crippen LogP contribution in [0.15, 0.2) is 48.8 Å². The van der Waals surface area contributed by atoms with Crippen molar-refractivity contribution in [1.82, 2.24) is 15.3 Å². The van der Waals surface area contributed by atoms with Crippen molar-refractivity contribution in [3.63, 3.8) is 0 Å². The Kier molecular flexibility index (Phi) is 3.41. The van der Waals surface area contributed by atoms with E-state index in [9.17, 15) is 0 Å². The van der Waals surface area contributed by atoms with Gasteiger partial charge in [0.2, 0.25) is 0 Å². The Bertz CT molecular complexity index is 855. The molecule has 0 spiro atoms. The second-order valence-corrected chi connectivity index (χ2v) is 7.37. The molecule has 2 aromatic heterocycles. The van der Waals surface area contributed by atoms with Gasteiger partial charge >= 0.3 is 0 Å². The van der Waals surface area contributed by atoms with Crippen LogP contribution in [0.5, 0.6) is 0 Å². The van der Waals surface area contributed by atoms with Crippen LogP contribution in [0.4, 0.5) is 0 Å². The van der Waals surface area contributed by atoms with Gasteiger partial charge in [-0.3, -0.25) is 0 Å². The summed E-state index contributed by atoms with van der Waals surface area (Å²) in [6.45, 7) is 0. The summed E-state index contributed by atoms with van der Waals surface area (Å²) in [5, 5.41) is 4.99. The van der Waals surface area contributed by atoms with Gasteiger partial charge in [-0.2, -0.15) is 0 Å². The van der Waals surface area contributed by atoms with E-state index in [0.29, 0.717) is 5.92 Å². The molecule has 2 fully saturated rings. The molecule has 0 radical (unpaired) electrons. The number of hydrogen-bond acceptors (Lipinski definition) is 2. The number of nitrogens with zero attached hydrogens (tertiary/aromatic N) is 1. The first-order valence-electron chi connectivity index (χ1n) is 9.15. The zero-order valence-electron chi connectivity index (χ0n) is 13.8. The van der Waals surface area contributed by atoms with E-state index in [1.54, 1.807) is 0 Å². The van der Waals surface area contributed by atoms with Crippen LogP contribution in [0.1, 0.15) is 45.0 Å². The highest BCUT2D eigenvalue weighted by atomic mass is 15.0. The molecule has 2 aliphatic heterocycles. The van der Waals surface area contributed by atoms with Crippen molar-refractivity contribution in [3.8, 4) is 11.1 Å². The van der Waals surface area contributed by atoms with E-state index in [2.05, 4.69) is 51.7 Å². The number of benzene rings is 1. The van der Waals surface area contributed by atoms with E-state index in [1.807, 2.05) is 12.4 Å². The summed E-state index contributed by atoms with van der Waals surface area (Å²) in [5.74, 6) is 0.714. The average Bonchev–Trinajstić information content (AvgIpc) is 3.21. The van der Waals surface area contributed by atoms with E-state index in [1.165, 1.54) is 54.2 Å². The van der Waals surface area contributed by atoms with Crippen LogP contribution in [0.25, 0.3) is 22.2 Å². The molecule has 0 amide bonds. The van der Waals surface area contributed by atoms with Crippen LogP contribution < -0.4 is 5.32 Å². The van der Waals surface area contributed by atoms with Gasteiger partial charge in [-0.1, -0.05) is 24.3 Å². The first-order chi connectivity index (χ1) is 11.9. The van der Waals surface area contributed by atoms with Crippen LogP contribution in [0.2, 0.25) is 0 Å². The fourth-order valence-electron chi connectivity index (χ4n) is 4.63. The van der Waals surface area contributed by atoms with E-state index in [-0.39, 0.29) is 1.43 Å². The largest absolute Gasteiger partial charge is 0.346 e. The third-order valence-electron chi connectivity index (χ3n) is 5.92. The number of rotatable bonds is 2. The lowest BCUT2D eigenvalue weighted by molar-refractivity contribution is 0.494. The van der Waals surface area contributed by atoms with Gasteiger partial charge in [0.25, 0.3) is 0 Å². The van der Waals surface area contributed by atoms with Crippen LogP contribution in [-0.2, 0) is 0 Å². The van der Waals surface area contributed by atoms with E-state index in [4.69, 9.17) is 0 Å². The lowest BCUT2D eigenvalue weighted by Crippen LogP contribution is -2.27. The molecule has 2 aliphatic rings. The van der Waals surface area contributed by atoms with Crippen molar-refractivity contribution >= 4 is 11.0 Å². The highest BCUT2D eigenvalue weighted by Gasteiger charge is 2.30. The summed E-state index contributed by atoms with van der Waals surface area (Å²) in [5.41, 5.74) is 5.00. The van der Waals surface area contributed by atoms with Crippen molar-refractivity contribution < 1.29 is 1.43 Å². The minimum absolute atomic E-state index is 0. The predicted octanol–water partition coefficient (Wildman–Crippen LogP) is 4.86. The van der Waals surface area contributed by atoms with Gasteiger partial charge < -0.3 is 10.3 Å². The van der Waals surface area contributed by atoms with E-state index >= 15 is 0 Å². The number of fused-ring (bicyclic) bond motifs is 3. The lowest BCUT2D eigenvalue weighted by atomic mass is 9.85. The maximum absolute atomic E-state index is 4.39. The van der Waals surface area contributed by atoms with Crippen molar-refractivity contribution in [2.75, 3.05) is 0 Å². The van der Waals surface area contributed by atoms with Crippen LogP contribution >= 0.6 is 0 Å². The van der Waals surface area contributed by atoms with Crippen LogP contribution in [0.3, 0.4) is 0 Å². The molecular weight excluding hydrogens is 294 g/mol. The molecule has 4 heterocycles. The van der Waals surface area contributed by atoms with Crippen LogP contribution in [0, 0.1) is 0 Å². The minimum atomic E-state index is 0. The smallest absolute Gasteiger partial charge is 0.137 e. The molecule has 3 atom stereocenters. The number of aromatic nitrogens is 2. The number of aromatic amines is 1. The molecule has 3 heteroatoms. The molecule has 3 aromatic rings. The van der Waals surface area contributed by atoms with E-state index in [0.717, 1.165) is 17.7 Å². The first kappa shape index (κ1) is 14.2. The molecule has 24 heavy (non-hydrogen) atoms. The molecule has 3 unspecified atom stereocenters. The van der Waals surface area contributed by atoms with Gasteiger partial charge in [0.1, 0.15) is 5.65 Å². The van der Waals surface area contributed by atoms with Gasteiger partial charge in [-0.15, -0.1) is 0 Å². The Morgan fingerprint density at radius 1 is 0.917 bits per heavy atom. The Balaban J connectivity index is 0.00000157. The van der Waals surface area contributed by atoms with Crippen molar-refractivity contribution in [2.24, 2.45) is 0 Å². The Hall–Kier alpha value is -2.13. The highest BCUT2D eigenvalue weighted by Crippen LogP contribution is 2.36. The number of pyridine rings is 1. The quantitative estimate of drug-likeness (QED) is 0.708. The molecule has 2 bridgehead atoms. The summed E-state index contributed by atoms with van der Waals surface area (Å²) in [4.78, 5) is 7.59. The molecule has 2 saturated heterocycles. The summed E-state index contributed by atoms with van der Waals surface area (Å²) in [6, 6.07) is 15.0. The van der Waals surface area contributed by atoms with Gasteiger partial charge in [0.15, 0.2) is 0 Å². The second kappa shape index (κ2) is 5.75. The second-order valence-electron chi connectivity index (χ2n) is 7.37. The Morgan fingerprint density at radius 2 is 1.75 bits per heavy atom. The zero-order valence-corrected chi connectivity index (χ0v) is 13.8. The molecule has 5 rings (SSSR count). The first-order valence-corrected chi connectivity index (χ1v) is 9.15. The highest BCUT2D eigenvalue weighted by molar-refractivity contribution is 5.92. The molecule has 3 nitrogen and oxygen atoms in total. The minimum Gasteiger partial charge on any atom is -0.346 e. The molecule has 2 N–H and O–H groups in total. The maximum Gasteiger partial charge on any atom is 0.137 e. The Labute approximate surface area is 144 Å². The normalized spacial score (nSPS) is 26.6. The third kappa shape index (κ3) is 2.44. The standard InChI is InChI=1S/C21H23N3.H2/c1-3-15(19-9-11-22-21-20(19)10-12-23-21)4-2-14(1)16-5-6-17-7-8-18(13-16)24-17;/h1-4,9-12,16-18,24H,5-8,13H2,(H,22,23);1H. The van der Waals surface area contributed by atoms with Crippen molar-refractivity contribution in [1.29, 1.82) is 0 Å². The van der Waals surface area contributed by atoms with Crippen molar-refractivity contribution in [3.05, 3.63) is 54.4 Å². The van der Waals surface area contributed by atoms with Gasteiger partial charge in [0.05, 0.1) is 0 Å². The molecule has 0 saturated carbocycles. The SMILES string of the molecule is [HH].c1cc(-c2ccc(C3CCC4CCC(C3)N4)cc2)c2cc[nH]c2n1. The topological polar surface area (TPSA) is 40.7 Å². The summed E-state index contributed by atoms with van der Waals surface area (Å²) >= 11 is 0. The Morgan fingerprint density at radius 3 is 2.67 bits per heavy atom. The number of hydrogen-bond donors (Lipinski definition) is 2.